The van der Waals surface area contributed by atoms with Crippen molar-refractivity contribution in [3.8, 4) is 0 Å². The Bertz CT molecular complexity index is 606. The summed E-state index contributed by atoms with van der Waals surface area (Å²) in [4.78, 5) is 0. The van der Waals surface area contributed by atoms with Crippen LogP contribution in [0.15, 0.2) is 60.7 Å². The molecule has 24 heavy (non-hydrogen) atoms. The Morgan fingerprint density at radius 2 is 1.46 bits per heavy atom. The van der Waals surface area contributed by atoms with Crippen LogP contribution in [0.25, 0.3) is 0 Å². The first-order valence-electron chi connectivity index (χ1n) is 8.80. The Morgan fingerprint density at radius 3 is 1.92 bits per heavy atom. The van der Waals surface area contributed by atoms with E-state index in [-0.39, 0.29) is 6.10 Å². The lowest BCUT2D eigenvalue weighted by Gasteiger charge is -2.32. The molecule has 4 heteroatoms. The first kappa shape index (κ1) is 17.2. The molecule has 0 bridgehead atoms. The zero-order chi connectivity index (χ0) is 17.2. The van der Waals surface area contributed by atoms with Gasteiger partial charge in [0.15, 0.2) is 8.32 Å². The third-order valence-electron chi connectivity index (χ3n) is 4.54. The molecular formula is C20H28N2OSi. The molecule has 128 valence electrons. The molecule has 2 aromatic carbocycles. The molecule has 1 saturated heterocycles. The van der Waals surface area contributed by atoms with Crippen LogP contribution in [-0.2, 0) is 4.43 Å². The largest absolute Gasteiger partial charge is 0.412 e. The van der Waals surface area contributed by atoms with Gasteiger partial charge >= 0.3 is 0 Å². The number of benzene rings is 2. The van der Waals surface area contributed by atoms with Crippen LogP contribution in [0.5, 0.6) is 0 Å². The zero-order valence-corrected chi connectivity index (χ0v) is 16.1. The number of para-hydroxylation sites is 2. The molecular weight excluding hydrogens is 312 g/mol. The molecule has 1 aliphatic heterocycles. The number of hydrogen-bond donors (Lipinski definition) is 1. The maximum Gasteiger partial charge on any atom is 0.188 e. The van der Waals surface area contributed by atoms with Crippen LogP contribution in [0.4, 0.5) is 11.4 Å². The van der Waals surface area contributed by atoms with Crippen molar-refractivity contribution in [2.45, 2.75) is 45.1 Å². The second-order valence-corrected chi connectivity index (χ2v) is 11.7. The Morgan fingerprint density at radius 1 is 0.958 bits per heavy atom. The minimum Gasteiger partial charge on any atom is -0.412 e. The summed E-state index contributed by atoms with van der Waals surface area (Å²) in [6, 6.07) is 22.5. The van der Waals surface area contributed by atoms with Gasteiger partial charge in [-0.3, -0.25) is 5.01 Å². The molecule has 1 heterocycles. The first-order chi connectivity index (χ1) is 11.5. The van der Waals surface area contributed by atoms with Crippen molar-refractivity contribution in [1.82, 2.24) is 5.43 Å². The molecule has 1 aliphatic rings. The van der Waals surface area contributed by atoms with Crippen molar-refractivity contribution >= 4 is 19.7 Å². The van der Waals surface area contributed by atoms with Gasteiger partial charge in [0.2, 0.25) is 0 Å². The molecule has 1 fully saturated rings. The lowest BCUT2D eigenvalue weighted by atomic mass is 10.0. The van der Waals surface area contributed by atoms with E-state index >= 15 is 0 Å². The third kappa shape index (κ3) is 3.89. The topological polar surface area (TPSA) is 24.5 Å². The third-order valence-corrected chi connectivity index (χ3v) is 6.88. The SMILES string of the molecule is CC(C)[C@@H]1O[Si](C)(C)C[C@H]1NN(c1ccccc1)c1ccccc1. The maximum atomic E-state index is 6.45. The number of nitrogens with zero attached hydrogens (tertiary/aromatic N) is 1. The molecule has 0 spiro atoms. The van der Waals surface area contributed by atoms with Crippen molar-refractivity contribution in [2.75, 3.05) is 5.01 Å². The van der Waals surface area contributed by atoms with Crippen molar-refractivity contribution in [3.05, 3.63) is 60.7 Å². The average molecular weight is 341 g/mol. The summed E-state index contributed by atoms with van der Waals surface area (Å²) in [5, 5.41) is 2.21. The molecule has 2 aromatic rings. The van der Waals surface area contributed by atoms with E-state index in [1.807, 2.05) is 0 Å². The van der Waals surface area contributed by atoms with E-state index in [0.29, 0.717) is 12.0 Å². The highest BCUT2D eigenvalue weighted by molar-refractivity contribution is 6.72. The first-order valence-corrected chi connectivity index (χ1v) is 11.9. The summed E-state index contributed by atoms with van der Waals surface area (Å²) in [5.41, 5.74) is 6.08. The van der Waals surface area contributed by atoms with Crippen LogP contribution in [0, 0.1) is 5.92 Å². The predicted octanol–water partition coefficient (Wildman–Crippen LogP) is 4.96. The number of anilines is 2. The van der Waals surface area contributed by atoms with E-state index in [4.69, 9.17) is 4.43 Å². The standard InChI is InChI=1S/C20H28N2OSi/c1-16(2)20-19(15-24(3,4)23-20)21-22(17-11-7-5-8-12-17)18-13-9-6-10-14-18/h5-14,16,19-21H,15H2,1-4H3/t19-,20+/m1/s1. The van der Waals surface area contributed by atoms with Crippen LogP contribution in [-0.4, -0.2) is 20.5 Å². The fraction of sp³-hybridized carbons (Fsp3) is 0.400. The van der Waals surface area contributed by atoms with Gasteiger partial charge in [-0.05, 0) is 49.3 Å². The van der Waals surface area contributed by atoms with Gasteiger partial charge in [-0.25, -0.2) is 5.43 Å². The number of nitrogens with one attached hydrogen (secondary N) is 1. The van der Waals surface area contributed by atoms with E-state index < -0.39 is 8.32 Å². The molecule has 0 radical (unpaired) electrons. The highest BCUT2D eigenvalue weighted by Gasteiger charge is 2.44. The molecule has 3 rings (SSSR count). The Kier molecular flexibility index (Phi) is 5.09. The summed E-state index contributed by atoms with van der Waals surface area (Å²) >= 11 is 0. The highest BCUT2D eigenvalue weighted by atomic mass is 28.4. The quantitative estimate of drug-likeness (QED) is 0.615. The van der Waals surface area contributed by atoms with Gasteiger partial charge < -0.3 is 4.43 Å². The van der Waals surface area contributed by atoms with Gasteiger partial charge in [-0.15, -0.1) is 0 Å². The van der Waals surface area contributed by atoms with E-state index in [1.165, 1.54) is 0 Å². The summed E-state index contributed by atoms with van der Waals surface area (Å²) in [7, 11) is -1.59. The predicted molar refractivity (Wildman–Crippen MR) is 104 cm³/mol. The van der Waals surface area contributed by atoms with Crippen LogP contribution in [0.2, 0.25) is 19.1 Å². The Labute approximate surface area is 146 Å². The fourth-order valence-electron chi connectivity index (χ4n) is 3.48. The van der Waals surface area contributed by atoms with Crippen molar-refractivity contribution in [3.63, 3.8) is 0 Å². The van der Waals surface area contributed by atoms with Crippen LogP contribution < -0.4 is 10.4 Å². The number of hydrogen-bond acceptors (Lipinski definition) is 3. The fourth-order valence-corrected chi connectivity index (χ4v) is 6.13. The molecule has 2 atom stereocenters. The van der Waals surface area contributed by atoms with Crippen molar-refractivity contribution in [2.24, 2.45) is 5.92 Å². The van der Waals surface area contributed by atoms with E-state index in [9.17, 15) is 0 Å². The van der Waals surface area contributed by atoms with Crippen LogP contribution in [0.3, 0.4) is 0 Å². The lowest BCUT2D eigenvalue weighted by molar-refractivity contribution is 0.141. The summed E-state index contributed by atoms with van der Waals surface area (Å²) < 4.78 is 6.45. The van der Waals surface area contributed by atoms with Gasteiger partial charge in [0, 0.05) is 0 Å². The molecule has 0 aromatic heterocycles. The second-order valence-electron chi connectivity index (χ2n) is 7.53. The van der Waals surface area contributed by atoms with Gasteiger partial charge in [0.25, 0.3) is 0 Å². The number of rotatable bonds is 5. The van der Waals surface area contributed by atoms with Crippen LogP contribution in [0.1, 0.15) is 13.8 Å². The monoisotopic (exact) mass is 340 g/mol. The zero-order valence-electron chi connectivity index (χ0n) is 15.1. The van der Waals surface area contributed by atoms with Gasteiger partial charge in [0.05, 0.1) is 23.5 Å². The molecule has 0 amide bonds. The molecule has 0 saturated carbocycles. The molecule has 0 aliphatic carbocycles. The molecule has 3 nitrogen and oxygen atoms in total. The lowest BCUT2D eigenvalue weighted by Crippen LogP contribution is -2.47. The minimum atomic E-state index is -1.59. The summed E-state index contributed by atoms with van der Waals surface area (Å²) in [6.07, 6.45) is 0.265. The Hall–Kier alpha value is -1.62. The van der Waals surface area contributed by atoms with E-state index in [0.717, 1.165) is 17.4 Å². The maximum absolute atomic E-state index is 6.45. The van der Waals surface area contributed by atoms with Crippen LogP contribution >= 0.6 is 0 Å². The smallest absolute Gasteiger partial charge is 0.188 e. The van der Waals surface area contributed by atoms with Gasteiger partial charge in [-0.1, -0.05) is 50.2 Å². The second kappa shape index (κ2) is 7.09. The normalized spacial score (nSPS) is 22.7. The highest BCUT2D eigenvalue weighted by Crippen LogP contribution is 2.33. The van der Waals surface area contributed by atoms with E-state index in [1.54, 1.807) is 0 Å². The van der Waals surface area contributed by atoms with Crippen molar-refractivity contribution in [1.29, 1.82) is 0 Å². The van der Waals surface area contributed by atoms with Gasteiger partial charge in [0.1, 0.15) is 0 Å². The summed E-state index contributed by atoms with van der Waals surface area (Å²) in [6.45, 7) is 9.15. The average Bonchev–Trinajstić information content (AvgIpc) is 2.89. The summed E-state index contributed by atoms with van der Waals surface area (Å²) in [5.74, 6) is 0.505. The van der Waals surface area contributed by atoms with Gasteiger partial charge in [-0.2, -0.15) is 0 Å². The number of hydrazine groups is 1. The van der Waals surface area contributed by atoms with E-state index in [2.05, 4.69) is 98.0 Å². The van der Waals surface area contributed by atoms with Crippen molar-refractivity contribution < 1.29 is 4.43 Å². The Balaban J connectivity index is 1.90. The minimum absolute atomic E-state index is 0.265. The molecule has 1 N–H and O–H groups in total. The molecule has 0 unspecified atom stereocenters.